The van der Waals surface area contributed by atoms with Gasteiger partial charge in [0.05, 0.1) is 6.10 Å². The third-order valence-corrected chi connectivity index (χ3v) is 5.21. The van der Waals surface area contributed by atoms with Gasteiger partial charge in [-0.2, -0.15) is 0 Å². The molecule has 0 bridgehead atoms. The van der Waals surface area contributed by atoms with Crippen molar-refractivity contribution in [2.24, 2.45) is 0 Å². The van der Waals surface area contributed by atoms with Crippen molar-refractivity contribution in [2.75, 3.05) is 17.7 Å². The minimum Gasteiger partial charge on any atom is -0.490 e. The van der Waals surface area contributed by atoms with Crippen LogP contribution in [0.1, 0.15) is 44.6 Å². The second kappa shape index (κ2) is 10.1. The molecule has 3 rings (SSSR count). The highest BCUT2D eigenvalue weighted by Gasteiger charge is 2.16. The van der Waals surface area contributed by atoms with Gasteiger partial charge in [-0.1, -0.05) is 12.1 Å². The van der Waals surface area contributed by atoms with Crippen molar-refractivity contribution < 1.29 is 9.53 Å². The van der Waals surface area contributed by atoms with Crippen molar-refractivity contribution in [1.82, 2.24) is 5.32 Å². The SMILES string of the molecule is CNC(C)CC(=N)c1ccc(NC(=O)Nc2ccc(OC3CCCC3)cc2)cc1. The Kier molecular flexibility index (Phi) is 7.25. The number of urea groups is 1. The van der Waals surface area contributed by atoms with Crippen LogP contribution in [0.3, 0.4) is 0 Å². The normalized spacial score (nSPS) is 15.0. The number of ether oxygens (including phenoxy) is 1. The van der Waals surface area contributed by atoms with Crippen LogP contribution in [-0.4, -0.2) is 30.9 Å². The predicted molar refractivity (Wildman–Crippen MR) is 118 cm³/mol. The van der Waals surface area contributed by atoms with Crippen LogP contribution in [-0.2, 0) is 0 Å². The van der Waals surface area contributed by atoms with Gasteiger partial charge in [-0.25, -0.2) is 4.79 Å². The standard InChI is InChI=1S/C23H30N4O2/c1-16(25-2)15-22(24)17-7-9-18(10-8-17)26-23(28)27-19-11-13-21(14-12-19)29-20-5-3-4-6-20/h7-14,16,20,24-25H,3-6,15H2,1-2H3,(H2,26,27,28). The second-order valence-corrected chi connectivity index (χ2v) is 7.58. The summed E-state index contributed by atoms with van der Waals surface area (Å²) in [7, 11) is 1.89. The molecular weight excluding hydrogens is 364 g/mol. The average molecular weight is 395 g/mol. The van der Waals surface area contributed by atoms with Gasteiger partial charge in [-0.05, 0) is 81.6 Å². The lowest BCUT2D eigenvalue weighted by Crippen LogP contribution is -2.24. The van der Waals surface area contributed by atoms with Crippen molar-refractivity contribution in [3.8, 4) is 5.75 Å². The molecule has 1 saturated carbocycles. The molecule has 154 valence electrons. The fourth-order valence-electron chi connectivity index (χ4n) is 3.39. The smallest absolute Gasteiger partial charge is 0.323 e. The topological polar surface area (TPSA) is 86.2 Å². The van der Waals surface area contributed by atoms with Crippen molar-refractivity contribution >= 4 is 23.1 Å². The number of benzene rings is 2. The van der Waals surface area contributed by atoms with Crippen LogP contribution in [0.4, 0.5) is 16.2 Å². The monoisotopic (exact) mass is 394 g/mol. The van der Waals surface area contributed by atoms with Gasteiger partial charge >= 0.3 is 6.03 Å². The maximum atomic E-state index is 12.2. The van der Waals surface area contributed by atoms with Crippen LogP contribution in [0.5, 0.6) is 5.75 Å². The summed E-state index contributed by atoms with van der Waals surface area (Å²) in [5.74, 6) is 0.841. The van der Waals surface area contributed by atoms with Gasteiger partial charge in [0.1, 0.15) is 5.75 Å². The fourth-order valence-corrected chi connectivity index (χ4v) is 3.39. The number of rotatable bonds is 8. The third-order valence-electron chi connectivity index (χ3n) is 5.21. The van der Waals surface area contributed by atoms with E-state index >= 15 is 0 Å². The van der Waals surface area contributed by atoms with E-state index in [0.29, 0.717) is 29.6 Å². The summed E-state index contributed by atoms with van der Waals surface area (Å²) in [6, 6.07) is 14.8. The van der Waals surface area contributed by atoms with Crippen LogP contribution in [0.25, 0.3) is 0 Å². The molecule has 2 aromatic carbocycles. The van der Waals surface area contributed by atoms with Gasteiger partial charge in [0.15, 0.2) is 0 Å². The molecule has 1 unspecified atom stereocenters. The number of carbonyl (C=O) groups excluding carboxylic acids is 1. The van der Waals surface area contributed by atoms with Crippen LogP contribution >= 0.6 is 0 Å². The third kappa shape index (κ3) is 6.32. The Hall–Kier alpha value is -2.86. The highest BCUT2D eigenvalue weighted by atomic mass is 16.5. The molecule has 0 saturated heterocycles. The molecule has 2 aromatic rings. The zero-order chi connectivity index (χ0) is 20.6. The number of hydrogen-bond donors (Lipinski definition) is 4. The minimum atomic E-state index is -0.305. The molecule has 1 fully saturated rings. The Morgan fingerprint density at radius 2 is 1.59 bits per heavy atom. The summed E-state index contributed by atoms with van der Waals surface area (Å²) in [5, 5.41) is 16.9. The average Bonchev–Trinajstić information content (AvgIpc) is 3.23. The van der Waals surface area contributed by atoms with Gasteiger partial charge in [0.2, 0.25) is 0 Å². The molecular formula is C23H30N4O2. The first-order valence-electron chi connectivity index (χ1n) is 10.2. The highest BCUT2D eigenvalue weighted by Crippen LogP contribution is 2.25. The van der Waals surface area contributed by atoms with Crippen LogP contribution < -0.4 is 20.7 Å². The molecule has 0 heterocycles. The maximum Gasteiger partial charge on any atom is 0.323 e. The van der Waals surface area contributed by atoms with Crippen LogP contribution in [0.2, 0.25) is 0 Å². The largest absolute Gasteiger partial charge is 0.490 e. The van der Waals surface area contributed by atoms with Gasteiger partial charge in [-0.15, -0.1) is 0 Å². The molecule has 0 aromatic heterocycles. The maximum absolute atomic E-state index is 12.2. The van der Waals surface area contributed by atoms with Crippen molar-refractivity contribution in [3.05, 3.63) is 54.1 Å². The molecule has 6 nitrogen and oxygen atoms in total. The fraction of sp³-hybridized carbons (Fsp3) is 0.391. The van der Waals surface area contributed by atoms with Crippen molar-refractivity contribution in [3.63, 3.8) is 0 Å². The molecule has 1 aliphatic carbocycles. The van der Waals surface area contributed by atoms with E-state index in [-0.39, 0.29) is 12.1 Å². The minimum absolute atomic E-state index is 0.251. The van der Waals surface area contributed by atoms with E-state index in [1.165, 1.54) is 12.8 Å². The lowest BCUT2D eigenvalue weighted by Gasteiger charge is -2.14. The quantitative estimate of drug-likeness (QED) is 0.474. The number of hydrogen-bond acceptors (Lipinski definition) is 4. The molecule has 1 aliphatic rings. The first-order chi connectivity index (χ1) is 14.0. The zero-order valence-corrected chi connectivity index (χ0v) is 17.1. The summed E-state index contributed by atoms with van der Waals surface area (Å²) in [6.07, 6.45) is 5.70. The molecule has 6 heteroatoms. The number of anilines is 2. The Bertz CT molecular complexity index is 812. The first-order valence-corrected chi connectivity index (χ1v) is 10.2. The van der Waals surface area contributed by atoms with Crippen LogP contribution in [0.15, 0.2) is 48.5 Å². The highest BCUT2D eigenvalue weighted by molar-refractivity contribution is 6.01. The number of carbonyl (C=O) groups is 1. The van der Waals surface area contributed by atoms with Gasteiger partial charge in [0.25, 0.3) is 0 Å². The molecule has 0 aliphatic heterocycles. The Balaban J connectivity index is 1.49. The lowest BCUT2D eigenvalue weighted by molar-refractivity contribution is 0.210. The second-order valence-electron chi connectivity index (χ2n) is 7.58. The van der Waals surface area contributed by atoms with E-state index in [2.05, 4.69) is 16.0 Å². The lowest BCUT2D eigenvalue weighted by atomic mass is 10.0. The van der Waals surface area contributed by atoms with Gasteiger partial charge in [0, 0.05) is 29.5 Å². The van der Waals surface area contributed by atoms with E-state index in [4.69, 9.17) is 10.1 Å². The Morgan fingerprint density at radius 1 is 1.03 bits per heavy atom. The molecule has 1 atom stereocenters. The zero-order valence-electron chi connectivity index (χ0n) is 17.1. The van der Waals surface area contributed by atoms with E-state index in [1.807, 2.05) is 62.5 Å². The van der Waals surface area contributed by atoms with Crippen molar-refractivity contribution in [2.45, 2.75) is 51.2 Å². The summed E-state index contributed by atoms with van der Waals surface area (Å²) in [4.78, 5) is 12.2. The van der Waals surface area contributed by atoms with Gasteiger partial charge < -0.3 is 26.1 Å². The molecule has 29 heavy (non-hydrogen) atoms. The summed E-state index contributed by atoms with van der Waals surface area (Å²) in [5.41, 5.74) is 2.82. The summed E-state index contributed by atoms with van der Waals surface area (Å²) >= 11 is 0. The predicted octanol–water partition coefficient (Wildman–Crippen LogP) is 5.02. The summed E-state index contributed by atoms with van der Waals surface area (Å²) in [6.45, 7) is 2.04. The van der Waals surface area contributed by atoms with E-state index in [0.717, 1.165) is 24.2 Å². The molecule has 2 amide bonds. The van der Waals surface area contributed by atoms with E-state index < -0.39 is 0 Å². The van der Waals surface area contributed by atoms with E-state index in [9.17, 15) is 4.79 Å². The van der Waals surface area contributed by atoms with E-state index in [1.54, 1.807) is 0 Å². The number of amides is 2. The Labute approximate surface area is 172 Å². The number of nitrogens with one attached hydrogen (secondary N) is 4. The van der Waals surface area contributed by atoms with Gasteiger partial charge in [-0.3, -0.25) is 0 Å². The van der Waals surface area contributed by atoms with Crippen LogP contribution in [0, 0.1) is 5.41 Å². The Morgan fingerprint density at radius 3 is 2.14 bits per heavy atom. The summed E-state index contributed by atoms with van der Waals surface area (Å²) < 4.78 is 5.94. The first kappa shape index (κ1) is 20.9. The van der Waals surface area contributed by atoms with Crippen molar-refractivity contribution in [1.29, 1.82) is 5.41 Å². The molecule has 4 N–H and O–H groups in total. The molecule has 0 spiro atoms. The molecule has 0 radical (unpaired) electrons.